The van der Waals surface area contributed by atoms with Crippen molar-refractivity contribution >= 4 is 16.8 Å². The molecule has 1 amide bonds. The van der Waals surface area contributed by atoms with Gasteiger partial charge >= 0.3 is 0 Å². The van der Waals surface area contributed by atoms with Gasteiger partial charge in [-0.1, -0.05) is 45.0 Å². The molecule has 0 bridgehead atoms. The lowest BCUT2D eigenvalue weighted by Crippen LogP contribution is -2.35. The molecule has 3 rings (SSSR count). The van der Waals surface area contributed by atoms with Crippen molar-refractivity contribution in [3.8, 4) is 0 Å². The molecule has 1 heterocycles. The molecule has 0 aliphatic rings. The Morgan fingerprint density at radius 2 is 1.67 bits per heavy atom. The molecule has 5 nitrogen and oxygen atoms in total. The number of rotatable bonds is 5. The molecule has 1 aromatic heterocycles. The largest absolute Gasteiger partial charge is 0.395 e. The predicted molar refractivity (Wildman–Crippen MR) is 121 cm³/mol. The molecule has 0 fully saturated rings. The number of aromatic nitrogens is 1. The van der Waals surface area contributed by atoms with Gasteiger partial charge < -0.3 is 15.0 Å². The number of hydrogen-bond donors (Lipinski definition) is 2. The van der Waals surface area contributed by atoms with Crippen LogP contribution in [0.4, 0.5) is 0 Å². The van der Waals surface area contributed by atoms with Gasteiger partial charge in [0.1, 0.15) is 0 Å². The zero-order valence-corrected chi connectivity index (χ0v) is 18.4. The highest BCUT2D eigenvalue weighted by Crippen LogP contribution is 2.23. The molecule has 0 saturated heterocycles. The van der Waals surface area contributed by atoms with Crippen LogP contribution in [0.3, 0.4) is 0 Å². The minimum absolute atomic E-state index is 0.000737. The number of aliphatic hydroxyl groups excluding tert-OH is 1. The van der Waals surface area contributed by atoms with Gasteiger partial charge in [0.15, 0.2) is 0 Å². The molecule has 2 aromatic carbocycles. The topological polar surface area (TPSA) is 73.4 Å². The van der Waals surface area contributed by atoms with Crippen LogP contribution >= 0.6 is 0 Å². The van der Waals surface area contributed by atoms with Gasteiger partial charge in [-0.3, -0.25) is 9.59 Å². The van der Waals surface area contributed by atoms with E-state index in [1.165, 1.54) is 4.90 Å². The third kappa shape index (κ3) is 4.46. The van der Waals surface area contributed by atoms with Crippen LogP contribution in [0.2, 0.25) is 0 Å². The highest BCUT2D eigenvalue weighted by molar-refractivity contribution is 5.94. The van der Waals surface area contributed by atoms with E-state index in [0.717, 1.165) is 27.6 Å². The molecule has 0 saturated carbocycles. The van der Waals surface area contributed by atoms with Crippen LogP contribution in [0, 0.1) is 13.8 Å². The smallest absolute Gasteiger partial charge is 0.254 e. The predicted octanol–water partition coefficient (Wildman–Crippen LogP) is 4.08. The number of aliphatic hydroxyl groups is 1. The summed E-state index contributed by atoms with van der Waals surface area (Å²) in [7, 11) is 0. The Bertz CT molecular complexity index is 1120. The standard InChI is InChI=1S/C25H30N2O3/c1-16-6-7-17(2)22-21(16)14-19(23(29)26-22)15-27(12-13-28)24(30)18-8-10-20(11-9-18)25(3,4)5/h6-11,14,28H,12-13,15H2,1-5H3,(H,26,29). The van der Waals surface area contributed by atoms with Gasteiger partial charge in [0.2, 0.25) is 0 Å². The van der Waals surface area contributed by atoms with E-state index in [9.17, 15) is 14.7 Å². The fourth-order valence-electron chi connectivity index (χ4n) is 3.61. The second kappa shape index (κ2) is 8.44. The molecule has 0 radical (unpaired) electrons. The number of nitrogens with one attached hydrogen (secondary N) is 1. The first-order valence-electron chi connectivity index (χ1n) is 10.2. The van der Waals surface area contributed by atoms with Crippen LogP contribution in [0.5, 0.6) is 0 Å². The number of carbonyl (C=O) groups is 1. The van der Waals surface area contributed by atoms with Gasteiger partial charge in [0.25, 0.3) is 11.5 Å². The van der Waals surface area contributed by atoms with Crippen molar-refractivity contribution in [3.63, 3.8) is 0 Å². The average molecular weight is 407 g/mol. The lowest BCUT2D eigenvalue weighted by Gasteiger charge is -2.23. The van der Waals surface area contributed by atoms with Gasteiger partial charge in [-0.2, -0.15) is 0 Å². The minimum Gasteiger partial charge on any atom is -0.395 e. The summed E-state index contributed by atoms with van der Waals surface area (Å²) in [5, 5.41) is 10.5. The minimum atomic E-state index is -0.213. The maximum Gasteiger partial charge on any atom is 0.254 e. The summed E-state index contributed by atoms with van der Waals surface area (Å²) in [5.41, 5.74) is 4.86. The summed E-state index contributed by atoms with van der Waals surface area (Å²) < 4.78 is 0. The molecule has 0 atom stereocenters. The van der Waals surface area contributed by atoms with Gasteiger partial charge in [-0.25, -0.2) is 0 Å². The maximum absolute atomic E-state index is 13.1. The second-order valence-corrected chi connectivity index (χ2v) is 8.89. The molecule has 158 valence electrons. The van der Waals surface area contributed by atoms with E-state index >= 15 is 0 Å². The number of hydrogen-bond acceptors (Lipinski definition) is 3. The molecule has 5 heteroatoms. The number of pyridine rings is 1. The number of aryl methyl sites for hydroxylation is 2. The molecule has 2 N–H and O–H groups in total. The monoisotopic (exact) mass is 406 g/mol. The fraction of sp³-hybridized carbons (Fsp3) is 0.360. The van der Waals surface area contributed by atoms with Gasteiger partial charge in [-0.05, 0) is 54.2 Å². The zero-order valence-electron chi connectivity index (χ0n) is 18.4. The SMILES string of the molecule is Cc1ccc(C)c2[nH]c(=O)c(CN(CCO)C(=O)c3ccc(C(C)(C)C)cc3)cc12. The normalized spacial score (nSPS) is 11.7. The number of fused-ring (bicyclic) bond motifs is 1. The van der Waals surface area contributed by atoms with Crippen molar-refractivity contribution in [2.24, 2.45) is 0 Å². The Morgan fingerprint density at radius 3 is 2.27 bits per heavy atom. The average Bonchev–Trinajstić information content (AvgIpc) is 2.70. The van der Waals surface area contributed by atoms with Crippen LogP contribution in [-0.4, -0.2) is 34.0 Å². The first kappa shape index (κ1) is 21.8. The summed E-state index contributed by atoms with van der Waals surface area (Å²) in [6, 6.07) is 13.4. The number of aromatic amines is 1. The van der Waals surface area contributed by atoms with Crippen LogP contribution in [0.25, 0.3) is 10.9 Å². The molecular formula is C25H30N2O3. The molecule has 0 aliphatic heterocycles. The summed E-state index contributed by atoms with van der Waals surface area (Å²) in [6.07, 6.45) is 0. The number of nitrogens with zero attached hydrogens (tertiary/aromatic N) is 1. The van der Waals surface area contributed by atoms with E-state index in [2.05, 4.69) is 25.8 Å². The summed E-state index contributed by atoms with van der Waals surface area (Å²) in [5.74, 6) is -0.204. The Kier molecular flexibility index (Phi) is 6.13. The van der Waals surface area contributed by atoms with E-state index in [4.69, 9.17) is 0 Å². The highest BCUT2D eigenvalue weighted by Gasteiger charge is 2.19. The Hall–Kier alpha value is -2.92. The quantitative estimate of drug-likeness (QED) is 0.671. The number of benzene rings is 2. The zero-order chi connectivity index (χ0) is 22.1. The van der Waals surface area contributed by atoms with Crippen molar-refractivity contribution in [2.45, 2.75) is 46.6 Å². The Balaban J connectivity index is 1.94. The lowest BCUT2D eigenvalue weighted by molar-refractivity contribution is 0.0707. The lowest BCUT2D eigenvalue weighted by atomic mass is 9.86. The fourth-order valence-corrected chi connectivity index (χ4v) is 3.61. The summed E-state index contributed by atoms with van der Waals surface area (Å²) in [4.78, 5) is 30.3. The molecule has 0 spiro atoms. The third-order valence-corrected chi connectivity index (χ3v) is 5.54. The van der Waals surface area contributed by atoms with E-state index in [-0.39, 0.29) is 36.6 Å². The maximum atomic E-state index is 13.1. The number of amides is 1. The van der Waals surface area contributed by atoms with E-state index in [0.29, 0.717) is 11.1 Å². The molecular weight excluding hydrogens is 376 g/mol. The van der Waals surface area contributed by atoms with Crippen LogP contribution in [-0.2, 0) is 12.0 Å². The van der Waals surface area contributed by atoms with Gasteiger partial charge in [-0.15, -0.1) is 0 Å². The first-order valence-corrected chi connectivity index (χ1v) is 10.2. The van der Waals surface area contributed by atoms with E-state index < -0.39 is 0 Å². The van der Waals surface area contributed by atoms with Crippen LogP contribution < -0.4 is 5.56 Å². The summed E-state index contributed by atoms with van der Waals surface area (Å²) in [6.45, 7) is 10.4. The van der Waals surface area contributed by atoms with Crippen molar-refractivity contribution in [1.29, 1.82) is 0 Å². The van der Waals surface area contributed by atoms with Crippen molar-refractivity contribution in [1.82, 2.24) is 9.88 Å². The first-order chi connectivity index (χ1) is 14.1. The number of carbonyl (C=O) groups excluding carboxylic acids is 1. The van der Waals surface area contributed by atoms with Crippen molar-refractivity contribution in [3.05, 3.63) is 80.6 Å². The van der Waals surface area contributed by atoms with E-state index in [1.54, 1.807) is 0 Å². The Morgan fingerprint density at radius 1 is 1.03 bits per heavy atom. The van der Waals surface area contributed by atoms with Crippen LogP contribution in [0.15, 0.2) is 47.3 Å². The van der Waals surface area contributed by atoms with E-state index in [1.807, 2.05) is 56.3 Å². The molecule has 0 aliphatic carbocycles. The third-order valence-electron chi connectivity index (χ3n) is 5.54. The molecule has 3 aromatic rings. The van der Waals surface area contributed by atoms with Gasteiger partial charge in [0, 0.05) is 23.1 Å². The number of H-pyrrole nitrogens is 1. The molecule has 0 unspecified atom stereocenters. The van der Waals surface area contributed by atoms with Crippen molar-refractivity contribution < 1.29 is 9.90 Å². The van der Waals surface area contributed by atoms with Crippen molar-refractivity contribution in [2.75, 3.05) is 13.2 Å². The summed E-state index contributed by atoms with van der Waals surface area (Å²) >= 11 is 0. The van der Waals surface area contributed by atoms with Crippen LogP contribution in [0.1, 0.15) is 53.4 Å². The van der Waals surface area contributed by atoms with Gasteiger partial charge in [0.05, 0.1) is 18.7 Å². The highest BCUT2D eigenvalue weighted by atomic mass is 16.3. The molecule has 30 heavy (non-hydrogen) atoms. The second-order valence-electron chi connectivity index (χ2n) is 8.89. The Labute approximate surface area is 177 Å².